The van der Waals surface area contributed by atoms with Crippen LogP contribution in [-0.2, 0) is 24.2 Å². The van der Waals surface area contributed by atoms with Gasteiger partial charge in [-0.3, -0.25) is 4.79 Å². The minimum atomic E-state index is -3.47. The summed E-state index contributed by atoms with van der Waals surface area (Å²) in [5.74, 6) is -1.74. The lowest BCUT2D eigenvalue weighted by atomic mass is 10.2. The van der Waals surface area contributed by atoms with Crippen LogP contribution in [0.5, 0.6) is 0 Å². The van der Waals surface area contributed by atoms with Gasteiger partial charge >= 0.3 is 5.97 Å². The molecule has 1 rings (SSSR count). The van der Waals surface area contributed by atoms with Crippen molar-refractivity contribution in [3.05, 3.63) is 0 Å². The van der Waals surface area contributed by atoms with E-state index in [0.717, 1.165) is 6.26 Å². The Bertz CT molecular complexity index is 417. The molecule has 0 aromatic heterocycles. The van der Waals surface area contributed by atoms with E-state index in [2.05, 4.69) is 0 Å². The first kappa shape index (κ1) is 13.9. The molecule has 0 bridgehead atoms. The molecule has 8 heteroatoms. The number of carbonyl (C=O) groups is 2. The van der Waals surface area contributed by atoms with Gasteiger partial charge in [0.2, 0.25) is 5.91 Å². The van der Waals surface area contributed by atoms with Crippen molar-refractivity contribution in [2.75, 3.05) is 26.0 Å². The fourth-order valence-corrected chi connectivity index (χ4v) is 1.95. The maximum Gasteiger partial charge on any atom is 0.334 e. The first-order chi connectivity index (χ1) is 7.73. The van der Waals surface area contributed by atoms with Gasteiger partial charge in [-0.15, -0.1) is 0 Å². The molecular weight excluding hydrogens is 250 g/mol. The number of sulfone groups is 1. The molecule has 2 atom stereocenters. The van der Waals surface area contributed by atoms with E-state index in [1.165, 1.54) is 11.8 Å². The van der Waals surface area contributed by atoms with Crippen LogP contribution < -0.4 is 0 Å². The van der Waals surface area contributed by atoms with Crippen LogP contribution in [0.15, 0.2) is 0 Å². The number of morpholine rings is 1. The highest BCUT2D eigenvalue weighted by Gasteiger charge is 2.34. The van der Waals surface area contributed by atoms with E-state index in [-0.39, 0.29) is 19.7 Å². The summed E-state index contributed by atoms with van der Waals surface area (Å²) in [4.78, 5) is 23.7. The molecule has 1 amide bonds. The third-order valence-corrected chi connectivity index (χ3v) is 4.13. The van der Waals surface area contributed by atoms with E-state index < -0.39 is 33.1 Å². The van der Waals surface area contributed by atoms with Crippen molar-refractivity contribution < 1.29 is 27.9 Å². The minimum Gasteiger partial charge on any atom is -0.479 e. The molecule has 0 spiro atoms. The van der Waals surface area contributed by atoms with E-state index in [4.69, 9.17) is 9.84 Å². The van der Waals surface area contributed by atoms with Crippen LogP contribution in [0.2, 0.25) is 0 Å². The van der Waals surface area contributed by atoms with Crippen LogP contribution in [-0.4, -0.2) is 67.6 Å². The maximum absolute atomic E-state index is 11.8. The summed E-state index contributed by atoms with van der Waals surface area (Å²) >= 11 is 0. The SMILES string of the molecule is CC(C(=O)N1CCOC(C(=O)O)C1)S(C)(=O)=O. The van der Waals surface area contributed by atoms with Crippen LogP contribution >= 0.6 is 0 Å². The van der Waals surface area contributed by atoms with Crippen LogP contribution in [0, 0.1) is 0 Å². The maximum atomic E-state index is 11.8. The van der Waals surface area contributed by atoms with Gasteiger partial charge in [0.1, 0.15) is 5.25 Å². The van der Waals surface area contributed by atoms with Crippen molar-refractivity contribution in [2.24, 2.45) is 0 Å². The van der Waals surface area contributed by atoms with Crippen molar-refractivity contribution in [2.45, 2.75) is 18.3 Å². The predicted molar refractivity (Wildman–Crippen MR) is 58.3 cm³/mol. The number of ether oxygens (including phenoxy) is 1. The Morgan fingerprint density at radius 3 is 2.53 bits per heavy atom. The lowest BCUT2D eigenvalue weighted by Gasteiger charge is -2.32. The van der Waals surface area contributed by atoms with Crippen molar-refractivity contribution >= 4 is 21.7 Å². The van der Waals surface area contributed by atoms with Crippen molar-refractivity contribution in [3.63, 3.8) is 0 Å². The number of carboxylic acids is 1. The molecule has 0 aromatic carbocycles. The molecule has 1 fully saturated rings. The second-order valence-electron chi connectivity index (χ2n) is 3.95. The first-order valence-corrected chi connectivity index (χ1v) is 7.01. The second kappa shape index (κ2) is 5.01. The number of hydrogen-bond acceptors (Lipinski definition) is 5. The molecule has 0 aromatic rings. The molecule has 0 saturated carbocycles. The van der Waals surface area contributed by atoms with Crippen molar-refractivity contribution in [3.8, 4) is 0 Å². The summed E-state index contributed by atoms with van der Waals surface area (Å²) in [7, 11) is -3.47. The summed E-state index contributed by atoms with van der Waals surface area (Å²) in [5, 5.41) is 7.60. The molecule has 0 aliphatic carbocycles. The quantitative estimate of drug-likeness (QED) is 0.683. The fourth-order valence-electron chi connectivity index (χ4n) is 1.44. The van der Waals surface area contributed by atoms with Gasteiger partial charge in [-0.1, -0.05) is 0 Å². The van der Waals surface area contributed by atoms with Crippen LogP contribution in [0.25, 0.3) is 0 Å². The molecule has 98 valence electrons. The van der Waals surface area contributed by atoms with Crippen molar-refractivity contribution in [1.82, 2.24) is 4.90 Å². The normalized spacial score (nSPS) is 23.2. The lowest BCUT2D eigenvalue weighted by molar-refractivity contribution is -0.159. The summed E-state index contributed by atoms with van der Waals surface area (Å²) in [6, 6.07) is 0. The van der Waals surface area contributed by atoms with Gasteiger partial charge in [0, 0.05) is 12.8 Å². The Hall–Kier alpha value is -1.15. The van der Waals surface area contributed by atoms with Gasteiger partial charge in [0.25, 0.3) is 0 Å². The number of nitrogens with zero attached hydrogens (tertiary/aromatic N) is 1. The number of hydrogen-bond donors (Lipinski definition) is 1. The highest BCUT2D eigenvalue weighted by molar-refractivity contribution is 7.92. The number of rotatable bonds is 3. The van der Waals surface area contributed by atoms with Crippen LogP contribution in [0.4, 0.5) is 0 Å². The number of aliphatic carboxylic acids is 1. The van der Waals surface area contributed by atoms with E-state index in [9.17, 15) is 18.0 Å². The van der Waals surface area contributed by atoms with Crippen LogP contribution in [0.1, 0.15) is 6.92 Å². The molecule has 1 heterocycles. The topological polar surface area (TPSA) is 101 Å². The lowest BCUT2D eigenvalue weighted by Crippen LogP contribution is -2.52. The zero-order valence-corrected chi connectivity index (χ0v) is 10.4. The molecule has 1 aliphatic heterocycles. The molecule has 1 N–H and O–H groups in total. The Morgan fingerprint density at radius 1 is 1.47 bits per heavy atom. The van der Waals surface area contributed by atoms with Gasteiger partial charge in [0.15, 0.2) is 15.9 Å². The molecule has 1 saturated heterocycles. The fraction of sp³-hybridized carbons (Fsp3) is 0.778. The molecule has 17 heavy (non-hydrogen) atoms. The monoisotopic (exact) mass is 265 g/mol. The average Bonchev–Trinajstić information content (AvgIpc) is 2.26. The summed E-state index contributed by atoms with van der Waals surface area (Å²) in [5.41, 5.74) is 0. The minimum absolute atomic E-state index is 0.0964. The Kier molecular flexibility index (Phi) is 4.10. The molecule has 7 nitrogen and oxygen atoms in total. The van der Waals surface area contributed by atoms with E-state index >= 15 is 0 Å². The third-order valence-electron chi connectivity index (χ3n) is 2.64. The van der Waals surface area contributed by atoms with Gasteiger partial charge in [-0.05, 0) is 6.92 Å². The van der Waals surface area contributed by atoms with Gasteiger partial charge in [-0.25, -0.2) is 13.2 Å². The molecule has 1 aliphatic rings. The molecule has 0 radical (unpaired) electrons. The zero-order valence-electron chi connectivity index (χ0n) is 9.62. The Labute approximate surface area is 99.3 Å². The summed E-state index contributed by atoms with van der Waals surface area (Å²) < 4.78 is 27.4. The Balaban J connectivity index is 2.73. The highest BCUT2D eigenvalue weighted by Crippen LogP contribution is 2.10. The van der Waals surface area contributed by atoms with E-state index in [1.54, 1.807) is 0 Å². The first-order valence-electron chi connectivity index (χ1n) is 5.05. The summed E-state index contributed by atoms with van der Waals surface area (Å²) in [6.45, 7) is 1.48. The second-order valence-corrected chi connectivity index (χ2v) is 6.32. The van der Waals surface area contributed by atoms with Crippen molar-refractivity contribution in [1.29, 1.82) is 0 Å². The number of amides is 1. The van der Waals surface area contributed by atoms with E-state index in [0.29, 0.717) is 0 Å². The van der Waals surface area contributed by atoms with Crippen LogP contribution in [0.3, 0.4) is 0 Å². The summed E-state index contributed by atoms with van der Waals surface area (Å²) in [6.07, 6.45) is -0.107. The standard InChI is InChI=1S/C9H15NO6S/c1-6(17(2,14)15)8(11)10-3-4-16-7(5-10)9(12)13/h6-7H,3-5H2,1-2H3,(H,12,13). The predicted octanol–water partition coefficient (Wildman–Crippen LogP) is -1.27. The largest absolute Gasteiger partial charge is 0.479 e. The Morgan fingerprint density at radius 2 is 2.06 bits per heavy atom. The van der Waals surface area contributed by atoms with E-state index in [1.807, 2.05) is 0 Å². The average molecular weight is 265 g/mol. The van der Waals surface area contributed by atoms with Gasteiger partial charge in [0.05, 0.1) is 13.2 Å². The third kappa shape index (κ3) is 3.40. The molecule has 2 unspecified atom stereocenters. The van der Waals surface area contributed by atoms with Gasteiger partial charge in [-0.2, -0.15) is 0 Å². The number of carbonyl (C=O) groups excluding carboxylic acids is 1. The highest BCUT2D eigenvalue weighted by atomic mass is 32.2. The number of carboxylic acid groups (broad SMARTS) is 1. The van der Waals surface area contributed by atoms with Gasteiger partial charge < -0.3 is 14.7 Å². The molecular formula is C9H15NO6S. The zero-order chi connectivity index (χ0) is 13.2. The smallest absolute Gasteiger partial charge is 0.334 e.